The number of aromatic nitrogens is 1. The largest absolute Gasteiger partial charge is 0.480 e. The predicted octanol–water partition coefficient (Wildman–Crippen LogP) is 4.27. The van der Waals surface area contributed by atoms with Crippen LogP contribution in [0.2, 0.25) is 0 Å². The summed E-state index contributed by atoms with van der Waals surface area (Å²) in [5.41, 5.74) is 1.91. The maximum Gasteiger partial charge on any atom is 0.323 e. The highest BCUT2D eigenvalue weighted by Crippen LogP contribution is 2.61. The topological polar surface area (TPSA) is 71.3 Å². The van der Waals surface area contributed by atoms with Gasteiger partial charge in [0.05, 0.1) is 0 Å². The van der Waals surface area contributed by atoms with Gasteiger partial charge in [0.25, 0.3) is 0 Å². The number of carbonyl (C=O) groups excluding carboxylic acids is 1. The van der Waals surface area contributed by atoms with Crippen molar-refractivity contribution < 1.29 is 14.7 Å². The number of amides is 1. The number of anilines is 1. The monoisotopic (exact) mass is 366 g/mol. The first-order valence-electron chi connectivity index (χ1n) is 10.1. The van der Waals surface area contributed by atoms with Gasteiger partial charge in [0.2, 0.25) is 5.91 Å². The normalized spacial score (nSPS) is 31.3. The van der Waals surface area contributed by atoms with Crippen molar-refractivity contribution in [2.45, 2.75) is 51.5 Å². The van der Waals surface area contributed by atoms with E-state index < -0.39 is 5.97 Å². The lowest BCUT2D eigenvalue weighted by Gasteiger charge is -2.56. The summed E-state index contributed by atoms with van der Waals surface area (Å²) < 4.78 is 1.71. The average Bonchev–Trinajstić information content (AvgIpc) is 2.94. The van der Waals surface area contributed by atoms with Gasteiger partial charge in [-0.3, -0.25) is 9.59 Å². The van der Waals surface area contributed by atoms with Gasteiger partial charge in [-0.05, 0) is 86.0 Å². The zero-order valence-electron chi connectivity index (χ0n) is 15.5. The third kappa shape index (κ3) is 3.13. The smallest absolute Gasteiger partial charge is 0.323 e. The Morgan fingerprint density at radius 3 is 2.37 bits per heavy atom. The molecule has 4 fully saturated rings. The first kappa shape index (κ1) is 16.8. The number of nitrogens with one attached hydrogen (secondary N) is 1. The molecule has 6 rings (SSSR count). The molecule has 4 aliphatic rings. The Labute approximate surface area is 158 Å². The molecule has 4 bridgehead atoms. The SMILES string of the molecule is O=C(O)Cn1ccc2cc(NC(=O)CC34CC5CC(CC(C5)C3)C4)ccc21. The summed E-state index contributed by atoms with van der Waals surface area (Å²) in [5, 5.41) is 13.0. The number of fused-ring (bicyclic) bond motifs is 1. The third-order valence-electron chi connectivity index (χ3n) is 7.06. The van der Waals surface area contributed by atoms with Gasteiger partial charge in [-0.1, -0.05) is 0 Å². The molecule has 0 saturated heterocycles. The second-order valence-corrected chi connectivity index (χ2v) is 9.25. The fourth-order valence-electron chi connectivity index (χ4n) is 6.61. The number of rotatable bonds is 5. The van der Waals surface area contributed by atoms with E-state index in [1.54, 1.807) is 10.8 Å². The molecule has 27 heavy (non-hydrogen) atoms. The molecule has 0 radical (unpaired) electrons. The van der Waals surface area contributed by atoms with E-state index in [1.807, 2.05) is 24.3 Å². The average molecular weight is 366 g/mol. The molecule has 2 N–H and O–H groups in total. The van der Waals surface area contributed by atoms with E-state index in [0.717, 1.165) is 34.3 Å². The van der Waals surface area contributed by atoms with Crippen molar-refractivity contribution >= 4 is 28.5 Å². The van der Waals surface area contributed by atoms with Gasteiger partial charge in [0.15, 0.2) is 0 Å². The molecule has 5 nitrogen and oxygen atoms in total. The fraction of sp³-hybridized carbons (Fsp3) is 0.545. The number of nitrogens with zero attached hydrogens (tertiary/aromatic N) is 1. The van der Waals surface area contributed by atoms with Gasteiger partial charge in [0.1, 0.15) is 6.54 Å². The van der Waals surface area contributed by atoms with E-state index in [0.29, 0.717) is 6.42 Å². The van der Waals surface area contributed by atoms with E-state index in [2.05, 4.69) is 5.32 Å². The number of carboxylic acids is 1. The van der Waals surface area contributed by atoms with Crippen LogP contribution >= 0.6 is 0 Å². The summed E-state index contributed by atoms with van der Waals surface area (Å²) in [6.45, 7) is -0.0543. The number of aliphatic carboxylic acids is 1. The van der Waals surface area contributed by atoms with Gasteiger partial charge in [-0.15, -0.1) is 0 Å². The highest BCUT2D eigenvalue weighted by molar-refractivity contribution is 5.94. The van der Waals surface area contributed by atoms with Crippen LogP contribution in [0.5, 0.6) is 0 Å². The molecular formula is C22H26N2O3. The second-order valence-electron chi connectivity index (χ2n) is 9.25. The number of carboxylic acid groups (broad SMARTS) is 1. The number of benzene rings is 1. The van der Waals surface area contributed by atoms with Crippen LogP contribution < -0.4 is 5.32 Å². The summed E-state index contributed by atoms with van der Waals surface area (Å²) >= 11 is 0. The molecule has 1 amide bonds. The Hall–Kier alpha value is -2.30. The first-order valence-corrected chi connectivity index (χ1v) is 10.1. The Morgan fingerprint density at radius 2 is 1.74 bits per heavy atom. The Balaban J connectivity index is 1.29. The maximum atomic E-state index is 12.8. The lowest BCUT2D eigenvalue weighted by Crippen LogP contribution is -2.47. The first-order chi connectivity index (χ1) is 13.0. The summed E-state index contributed by atoms with van der Waals surface area (Å²) in [6, 6.07) is 7.59. The minimum absolute atomic E-state index is 0.0543. The molecule has 0 atom stereocenters. The molecule has 1 aromatic carbocycles. The van der Waals surface area contributed by atoms with Crippen molar-refractivity contribution in [3.8, 4) is 0 Å². The zero-order chi connectivity index (χ0) is 18.6. The molecule has 1 heterocycles. The molecule has 5 heteroatoms. The number of hydrogen-bond acceptors (Lipinski definition) is 2. The standard InChI is InChI=1S/C22H26N2O3/c25-20(12-22-9-14-5-15(10-22)7-16(6-14)11-22)23-18-1-2-19-17(8-18)3-4-24(19)13-21(26)27/h1-4,8,14-16H,5-7,9-13H2,(H,23,25)(H,26,27). The summed E-state index contributed by atoms with van der Waals surface area (Å²) in [6.07, 6.45) is 10.3. The zero-order valence-corrected chi connectivity index (χ0v) is 15.5. The molecule has 2 aromatic rings. The van der Waals surface area contributed by atoms with Crippen LogP contribution in [0.4, 0.5) is 5.69 Å². The quantitative estimate of drug-likeness (QED) is 0.830. The van der Waals surface area contributed by atoms with Gasteiger partial charge < -0.3 is 15.0 Å². The van der Waals surface area contributed by atoms with Gasteiger partial charge in [-0.25, -0.2) is 0 Å². The number of carbonyl (C=O) groups is 2. The lowest BCUT2D eigenvalue weighted by atomic mass is 9.49. The molecule has 0 aliphatic heterocycles. The maximum absolute atomic E-state index is 12.8. The van der Waals surface area contributed by atoms with Crippen LogP contribution in [0.25, 0.3) is 10.9 Å². The molecule has 0 unspecified atom stereocenters. The second kappa shape index (κ2) is 6.11. The van der Waals surface area contributed by atoms with Crippen molar-refractivity contribution in [3.05, 3.63) is 30.5 Å². The van der Waals surface area contributed by atoms with Crippen LogP contribution in [0.15, 0.2) is 30.5 Å². The fourth-order valence-corrected chi connectivity index (χ4v) is 6.61. The van der Waals surface area contributed by atoms with Crippen LogP contribution in [0.3, 0.4) is 0 Å². The van der Waals surface area contributed by atoms with Crippen LogP contribution in [0, 0.1) is 23.2 Å². The lowest BCUT2D eigenvalue weighted by molar-refractivity contribution is -0.137. The molecule has 4 aliphatic carbocycles. The minimum Gasteiger partial charge on any atom is -0.480 e. The molecule has 0 spiro atoms. The molecule has 1 aromatic heterocycles. The van der Waals surface area contributed by atoms with Crippen molar-refractivity contribution in [1.29, 1.82) is 0 Å². The van der Waals surface area contributed by atoms with Crippen LogP contribution in [-0.4, -0.2) is 21.6 Å². The predicted molar refractivity (Wildman–Crippen MR) is 103 cm³/mol. The van der Waals surface area contributed by atoms with E-state index in [-0.39, 0.29) is 17.9 Å². The van der Waals surface area contributed by atoms with Crippen molar-refractivity contribution in [2.75, 3.05) is 5.32 Å². The Bertz CT molecular complexity index is 878. The van der Waals surface area contributed by atoms with E-state index in [9.17, 15) is 9.59 Å². The third-order valence-corrected chi connectivity index (χ3v) is 7.06. The Morgan fingerprint density at radius 1 is 1.07 bits per heavy atom. The summed E-state index contributed by atoms with van der Waals surface area (Å²) in [4.78, 5) is 23.7. The van der Waals surface area contributed by atoms with E-state index in [4.69, 9.17) is 5.11 Å². The summed E-state index contributed by atoms with van der Waals surface area (Å²) in [5.74, 6) is 1.83. The van der Waals surface area contributed by atoms with Gasteiger partial charge >= 0.3 is 5.97 Å². The highest BCUT2D eigenvalue weighted by atomic mass is 16.4. The highest BCUT2D eigenvalue weighted by Gasteiger charge is 2.51. The van der Waals surface area contributed by atoms with Crippen LogP contribution in [0.1, 0.15) is 44.9 Å². The molecule has 4 saturated carbocycles. The van der Waals surface area contributed by atoms with E-state index in [1.165, 1.54) is 38.5 Å². The molecular weight excluding hydrogens is 340 g/mol. The molecule has 142 valence electrons. The summed E-state index contributed by atoms with van der Waals surface area (Å²) in [7, 11) is 0. The van der Waals surface area contributed by atoms with Crippen molar-refractivity contribution in [3.63, 3.8) is 0 Å². The van der Waals surface area contributed by atoms with Crippen molar-refractivity contribution in [2.24, 2.45) is 23.2 Å². The van der Waals surface area contributed by atoms with Gasteiger partial charge in [-0.2, -0.15) is 0 Å². The van der Waals surface area contributed by atoms with E-state index >= 15 is 0 Å². The van der Waals surface area contributed by atoms with Crippen molar-refractivity contribution in [1.82, 2.24) is 4.57 Å². The van der Waals surface area contributed by atoms with Gasteiger partial charge in [0, 0.05) is 29.2 Å². The Kier molecular flexibility index (Phi) is 3.81. The minimum atomic E-state index is -0.861. The number of hydrogen-bond donors (Lipinski definition) is 2. The van der Waals surface area contributed by atoms with Crippen LogP contribution in [-0.2, 0) is 16.1 Å².